The van der Waals surface area contributed by atoms with E-state index in [1.165, 1.54) is 19.3 Å². The standard InChI is InChI=1S/C15H12Cl2N2O3/c1-9(22-15(21)10-3-2-4-18-8-10)14(20)19-13-6-11(16)5-12(17)7-13/h2-9H,1H3,(H,19,20)/t9-/m1/s1. The molecule has 1 N–H and O–H groups in total. The molecular formula is C15H12Cl2N2O3. The van der Waals surface area contributed by atoms with Gasteiger partial charge in [0.25, 0.3) is 5.91 Å². The average molecular weight is 339 g/mol. The van der Waals surface area contributed by atoms with Crippen LogP contribution in [0.15, 0.2) is 42.7 Å². The number of ether oxygens (including phenoxy) is 1. The number of benzene rings is 1. The summed E-state index contributed by atoms with van der Waals surface area (Å²) in [5, 5.41) is 3.36. The fourth-order valence-corrected chi connectivity index (χ4v) is 2.16. The Labute approximate surface area is 137 Å². The smallest absolute Gasteiger partial charge is 0.340 e. The Balaban J connectivity index is 1.99. The van der Waals surface area contributed by atoms with Gasteiger partial charge in [0.2, 0.25) is 0 Å². The maximum atomic E-state index is 12.0. The monoisotopic (exact) mass is 338 g/mol. The fraction of sp³-hybridized carbons (Fsp3) is 0.133. The molecule has 2 aromatic rings. The molecule has 22 heavy (non-hydrogen) atoms. The quantitative estimate of drug-likeness (QED) is 0.865. The number of nitrogens with zero attached hydrogens (tertiary/aromatic N) is 1. The second-order valence-electron chi connectivity index (χ2n) is 4.44. The third-order valence-corrected chi connectivity index (χ3v) is 3.12. The molecule has 0 aliphatic carbocycles. The summed E-state index contributed by atoms with van der Waals surface area (Å²) in [6.07, 6.45) is 1.92. The van der Waals surface area contributed by atoms with Crippen LogP contribution in [0, 0.1) is 0 Å². The molecule has 1 amide bonds. The zero-order valence-electron chi connectivity index (χ0n) is 11.5. The summed E-state index contributed by atoms with van der Waals surface area (Å²) in [4.78, 5) is 27.7. The van der Waals surface area contributed by atoms with Gasteiger partial charge in [-0.25, -0.2) is 4.79 Å². The normalized spacial score (nSPS) is 11.6. The Morgan fingerprint density at radius 1 is 1.23 bits per heavy atom. The van der Waals surface area contributed by atoms with Crippen molar-refractivity contribution in [1.82, 2.24) is 4.98 Å². The van der Waals surface area contributed by atoms with Gasteiger partial charge in [-0.1, -0.05) is 23.2 Å². The number of rotatable bonds is 4. The number of halogens is 2. The summed E-state index contributed by atoms with van der Waals surface area (Å²) in [5.41, 5.74) is 0.694. The van der Waals surface area contributed by atoms with Crippen molar-refractivity contribution in [2.45, 2.75) is 13.0 Å². The van der Waals surface area contributed by atoms with Gasteiger partial charge in [-0.15, -0.1) is 0 Å². The Bertz CT molecular complexity index is 672. The van der Waals surface area contributed by atoms with Crippen molar-refractivity contribution in [3.63, 3.8) is 0 Å². The fourth-order valence-electron chi connectivity index (χ4n) is 1.64. The summed E-state index contributed by atoms with van der Waals surface area (Å²) >= 11 is 11.7. The van der Waals surface area contributed by atoms with Crippen LogP contribution in [0.1, 0.15) is 17.3 Å². The number of aromatic nitrogens is 1. The number of carbonyl (C=O) groups is 2. The lowest BCUT2D eigenvalue weighted by Gasteiger charge is -2.13. The van der Waals surface area contributed by atoms with Crippen LogP contribution in [0.2, 0.25) is 10.0 Å². The second kappa shape index (κ2) is 7.24. The number of amides is 1. The van der Waals surface area contributed by atoms with Crippen LogP contribution in [-0.2, 0) is 9.53 Å². The third-order valence-electron chi connectivity index (χ3n) is 2.68. The van der Waals surface area contributed by atoms with Crippen molar-refractivity contribution in [3.05, 3.63) is 58.3 Å². The summed E-state index contributed by atoms with van der Waals surface area (Å²) in [7, 11) is 0. The molecule has 5 nitrogen and oxygen atoms in total. The van der Waals surface area contributed by atoms with Gasteiger partial charge in [-0.05, 0) is 37.3 Å². The third kappa shape index (κ3) is 4.44. The van der Waals surface area contributed by atoms with Crippen LogP contribution >= 0.6 is 23.2 Å². The summed E-state index contributed by atoms with van der Waals surface area (Å²) < 4.78 is 5.07. The van der Waals surface area contributed by atoms with E-state index in [-0.39, 0.29) is 5.56 Å². The van der Waals surface area contributed by atoms with Crippen molar-refractivity contribution in [3.8, 4) is 0 Å². The van der Waals surface area contributed by atoms with Gasteiger partial charge in [0.05, 0.1) is 5.56 Å². The van der Waals surface area contributed by atoms with Gasteiger partial charge in [-0.3, -0.25) is 9.78 Å². The molecule has 0 bridgehead atoms. The van der Waals surface area contributed by atoms with E-state index < -0.39 is 18.0 Å². The van der Waals surface area contributed by atoms with E-state index in [9.17, 15) is 9.59 Å². The Morgan fingerprint density at radius 3 is 2.50 bits per heavy atom. The van der Waals surface area contributed by atoms with Crippen LogP contribution in [-0.4, -0.2) is 23.0 Å². The first-order valence-corrected chi connectivity index (χ1v) is 7.09. The van der Waals surface area contributed by atoms with Crippen molar-refractivity contribution >= 4 is 40.8 Å². The molecule has 0 spiro atoms. The predicted molar refractivity (Wildman–Crippen MR) is 84.2 cm³/mol. The van der Waals surface area contributed by atoms with Gasteiger partial charge >= 0.3 is 5.97 Å². The molecular weight excluding hydrogens is 327 g/mol. The topological polar surface area (TPSA) is 68.3 Å². The summed E-state index contributed by atoms with van der Waals surface area (Å²) in [5.74, 6) is -1.12. The number of carbonyl (C=O) groups excluding carboxylic acids is 2. The number of esters is 1. The van der Waals surface area contributed by atoms with E-state index in [2.05, 4.69) is 10.3 Å². The number of nitrogens with one attached hydrogen (secondary N) is 1. The van der Waals surface area contributed by atoms with Crippen LogP contribution in [0.25, 0.3) is 0 Å². The first-order valence-electron chi connectivity index (χ1n) is 6.33. The highest BCUT2D eigenvalue weighted by Crippen LogP contribution is 2.22. The second-order valence-corrected chi connectivity index (χ2v) is 5.31. The van der Waals surface area contributed by atoms with Crippen molar-refractivity contribution in [2.24, 2.45) is 0 Å². The number of hydrogen-bond donors (Lipinski definition) is 1. The minimum atomic E-state index is -0.981. The molecule has 2 rings (SSSR count). The lowest BCUT2D eigenvalue weighted by molar-refractivity contribution is -0.123. The highest BCUT2D eigenvalue weighted by atomic mass is 35.5. The Kier molecular flexibility index (Phi) is 5.35. The van der Waals surface area contributed by atoms with E-state index in [0.717, 1.165) is 0 Å². The average Bonchev–Trinajstić information content (AvgIpc) is 2.46. The zero-order chi connectivity index (χ0) is 16.1. The molecule has 0 aliphatic rings. The lowest BCUT2D eigenvalue weighted by Crippen LogP contribution is -2.30. The molecule has 0 aliphatic heterocycles. The molecule has 1 aromatic carbocycles. The highest BCUT2D eigenvalue weighted by molar-refractivity contribution is 6.35. The van der Waals surface area contributed by atoms with E-state index in [4.69, 9.17) is 27.9 Å². The van der Waals surface area contributed by atoms with E-state index >= 15 is 0 Å². The molecule has 0 saturated heterocycles. The van der Waals surface area contributed by atoms with Gasteiger partial charge in [0, 0.05) is 28.1 Å². The molecule has 0 radical (unpaired) electrons. The highest BCUT2D eigenvalue weighted by Gasteiger charge is 2.19. The number of pyridine rings is 1. The first kappa shape index (κ1) is 16.3. The van der Waals surface area contributed by atoms with E-state index in [1.807, 2.05) is 0 Å². The maximum Gasteiger partial charge on any atom is 0.340 e. The molecule has 0 fully saturated rings. The van der Waals surface area contributed by atoms with Crippen molar-refractivity contribution in [1.29, 1.82) is 0 Å². The van der Waals surface area contributed by atoms with Crippen molar-refractivity contribution in [2.75, 3.05) is 5.32 Å². The van der Waals surface area contributed by atoms with E-state index in [0.29, 0.717) is 15.7 Å². The minimum Gasteiger partial charge on any atom is -0.449 e. The first-order chi connectivity index (χ1) is 10.5. The zero-order valence-corrected chi connectivity index (χ0v) is 13.1. The van der Waals surface area contributed by atoms with Crippen LogP contribution < -0.4 is 5.32 Å². The van der Waals surface area contributed by atoms with Gasteiger partial charge in [-0.2, -0.15) is 0 Å². The molecule has 0 unspecified atom stereocenters. The maximum absolute atomic E-state index is 12.0. The number of hydrogen-bond acceptors (Lipinski definition) is 4. The van der Waals surface area contributed by atoms with Crippen LogP contribution in [0.4, 0.5) is 5.69 Å². The number of anilines is 1. The molecule has 1 heterocycles. The van der Waals surface area contributed by atoms with Crippen LogP contribution in [0.5, 0.6) is 0 Å². The SMILES string of the molecule is C[C@@H](OC(=O)c1cccnc1)C(=O)Nc1cc(Cl)cc(Cl)c1. The lowest BCUT2D eigenvalue weighted by atomic mass is 10.2. The molecule has 1 aromatic heterocycles. The molecule has 114 valence electrons. The van der Waals surface area contributed by atoms with Gasteiger partial charge in [0.1, 0.15) is 0 Å². The molecule has 7 heteroatoms. The van der Waals surface area contributed by atoms with Gasteiger partial charge in [0.15, 0.2) is 6.10 Å². The summed E-state index contributed by atoms with van der Waals surface area (Å²) in [6.45, 7) is 1.47. The molecule has 0 saturated carbocycles. The Morgan fingerprint density at radius 2 is 1.91 bits per heavy atom. The largest absolute Gasteiger partial charge is 0.449 e. The van der Waals surface area contributed by atoms with Crippen molar-refractivity contribution < 1.29 is 14.3 Å². The summed E-state index contributed by atoms with van der Waals surface area (Å²) in [6, 6.07) is 7.79. The molecule has 1 atom stereocenters. The minimum absolute atomic E-state index is 0.271. The Hall–Kier alpha value is -2.11. The van der Waals surface area contributed by atoms with Crippen LogP contribution in [0.3, 0.4) is 0 Å². The van der Waals surface area contributed by atoms with Gasteiger partial charge < -0.3 is 10.1 Å². The predicted octanol–water partition coefficient (Wildman–Crippen LogP) is 3.57. The van der Waals surface area contributed by atoms with E-state index in [1.54, 1.807) is 30.3 Å².